The summed E-state index contributed by atoms with van der Waals surface area (Å²) in [6.45, 7) is 2.69. The maximum atomic E-state index is 13.1. The number of rotatable bonds is 4. The average molecular weight is 335 g/mol. The van der Waals surface area contributed by atoms with Crippen LogP contribution in [-0.2, 0) is 6.54 Å². The third-order valence-corrected chi connectivity index (χ3v) is 4.82. The van der Waals surface area contributed by atoms with Gasteiger partial charge in [-0.3, -0.25) is 9.69 Å². The minimum absolute atomic E-state index is 0.0584. The standard InChI is InChI=1S/C21H21NO3/c23-16-9-10-18-17(13-16)20(21(24)15-7-3-1-4-8-15)19(25-18)14-22-11-5-2-6-12-22/h1,3-4,7-10,13,23H,2,5-6,11-12,14H2. The molecule has 4 nitrogen and oxygen atoms in total. The number of piperidine rings is 1. The molecule has 1 N–H and O–H groups in total. The van der Waals surface area contributed by atoms with Crippen LogP contribution in [-0.4, -0.2) is 28.9 Å². The Bertz CT molecular complexity index is 892. The molecule has 4 rings (SSSR count). The van der Waals surface area contributed by atoms with Crippen LogP contribution in [0.15, 0.2) is 52.9 Å². The highest BCUT2D eigenvalue weighted by Crippen LogP contribution is 2.32. The molecule has 0 spiro atoms. The second kappa shape index (κ2) is 6.73. The van der Waals surface area contributed by atoms with E-state index in [1.54, 1.807) is 18.2 Å². The molecule has 1 fully saturated rings. The fourth-order valence-electron chi connectivity index (χ4n) is 3.55. The Balaban J connectivity index is 1.79. The first-order valence-electron chi connectivity index (χ1n) is 8.79. The molecule has 0 saturated carbocycles. The minimum atomic E-state index is -0.0584. The number of hydrogen-bond donors (Lipinski definition) is 1. The number of aromatic hydroxyl groups is 1. The highest BCUT2D eigenvalue weighted by atomic mass is 16.3. The third kappa shape index (κ3) is 3.17. The normalized spacial score (nSPS) is 15.5. The third-order valence-electron chi connectivity index (χ3n) is 4.82. The second-order valence-electron chi connectivity index (χ2n) is 6.61. The number of furan rings is 1. The van der Waals surface area contributed by atoms with Crippen molar-refractivity contribution in [1.82, 2.24) is 4.90 Å². The van der Waals surface area contributed by atoms with Crippen molar-refractivity contribution in [3.63, 3.8) is 0 Å². The number of phenols is 1. The van der Waals surface area contributed by atoms with Crippen molar-refractivity contribution in [3.8, 4) is 5.75 Å². The summed E-state index contributed by atoms with van der Waals surface area (Å²) in [5.41, 5.74) is 1.85. The van der Waals surface area contributed by atoms with Gasteiger partial charge < -0.3 is 9.52 Å². The van der Waals surface area contributed by atoms with Gasteiger partial charge in [0.25, 0.3) is 0 Å². The summed E-state index contributed by atoms with van der Waals surface area (Å²) in [6.07, 6.45) is 3.63. The van der Waals surface area contributed by atoms with E-state index in [4.69, 9.17) is 4.42 Å². The topological polar surface area (TPSA) is 53.7 Å². The van der Waals surface area contributed by atoms with Crippen molar-refractivity contribution in [3.05, 3.63) is 65.4 Å². The fraction of sp³-hybridized carbons (Fsp3) is 0.286. The van der Waals surface area contributed by atoms with Crippen LogP contribution in [0.2, 0.25) is 0 Å². The Morgan fingerprint density at radius 2 is 1.80 bits per heavy atom. The van der Waals surface area contributed by atoms with Gasteiger partial charge in [-0.15, -0.1) is 0 Å². The number of nitrogens with zero attached hydrogens (tertiary/aromatic N) is 1. The minimum Gasteiger partial charge on any atom is -0.508 e. The average Bonchev–Trinajstić information content (AvgIpc) is 2.99. The predicted octanol–water partition coefficient (Wildman–Crippen LogP) is 4.36. The van der Waals surface area contributed by atoms with E-state index in [9.17, 15) is 9.90 Å². The zero-order chi connectivity index (χ0) is 17.2. The van der Waals surface area contributed by atoms with Crippen LogP contribution in [0.5, 0.6) is 5.75 Å². The van der Waals surface area contributed by atoms with Gasteiger partial charge in [-0.1, -0.05) is 36.8 Å². The monoisotopic (exact) mass is 335 g/mol. The molecule has 0 atom stereocenters. The number of fused-ring (bicyclic) bond motifs is 1. The molecular formula is C21H21NO3. The molecule has 1 aromatic heterocycles. The van der Waals surface area contributed by atoms with E-state index in [0.29, 0.717) is 34.4 Å². The van der Waals surface area contributed by atoms with Gasteiger partial charge in [0, 0.05) is 10.9 Å². The van der Waals surface area contributed by atoms with Crippen LogP contribution >= 0.6 is 0 Å². The molecule has 0 bridgehead atoms. The molecule has 2 aromatic carbocycles. The molecule has 1 aliphatic heterocycles. The van der Waals surface area contributed by atoms with Gasteiger partial charge in [-0.05, 0) is 44.1 Å². The molecule has 1 aliphatic rings. The molecule has 128 valence electrons. The van der Waals surface area contributed by atoms with Crippen molar-refractivity contribution in [2.75, 3.05) is 13.1 Å². The van der Waals surface area contributed by atoms with Crippen molar-refractivity contribution in [2.24, 2.45) is 0 Å². The van der Waals surface area contributed by atoms with E-state index in [-0.39, 0.29) is 11.5 Å². The number of carbonyl (C=O) groups is 1. The number of phenolic OH excluding ortho intramolecular Hbond substituents is 1. The van der Waals surface area contributed by atoms with Crippen molar-refractivity contribution >= 4 is 16.8 Å². The fourth-order valence-corrected chi connectivity index (χ4v) is 3.55. The second-order valence-corrected chi connectivity index (χ2v) is 6.61. The Labute approximate surface area is 146 Å². The van der Waals surface area contributed by atoms with E-state index in [2.05, 4.69) is 4.90 Å². The lowest BCUT2D eigenvalue weighted by molar-refractivity contribution is 0.103. The van der Waals surface area contributed by atoms with Gasteiger partial charge in [0.05, 0.1) is 12.1 Å². The maximum absolute atomic E-state index is 13.1. The summed E-state index contributed by atoms with van der Waals surface area (Å²) < 4.78 is 6.03. The summed E-state index contributed by atoms with van der Waals surface area (Å²) in [5.74, 6) is 0.772. The Morgan fingerprint density at radius 1 is 1.04 bits per heavy atom. The van der Waals surface area contributed by atoms with E-state index < -0.39 is 0 Å². The zero-order valence-electron chi connectivity index (χ0n) is 14.1. The smallest absolute Gasteiger partial charge is 0.197 e. The Kier molecular flexibility index (Phi) is 4.28. The largest absolute Gasteiger partial charge is 0.508 e. The van der Waals surface area contributed by atoms with Crippen molar-refractivity contribution in [1.29, 1.82) is 0 Å². The summed E-state index contributed by atoms with van der Waals surface area (Å²) in [6, 6.07) is 14.2. The lowest BCUT2D eigenvalue weighted by atomic mass is 9.99. The summed E-state index contributed by atoms with van der Waals surface area (Å²) >= 11 is 0. The lowest BCUT2D eigenvalue weighted by Crippen LogP contribution is -2.29. The molecule has 3 aromatic rings. The van der Waals surface area contributed by atoms with Gasteiger partial charge in [-0.2, -0.15) is 0 Å². The maximum Gasteiger partial charge on any atom is 0.197 e. The molecule has 0 amide bonds. The molecular weight excluding hydrogens is 314 g/mol. The molecule has 1 saturated heterocycles. The first-order chi connectivity index (χ1) is 12.2. The zero-order valence-corrected chi connectivity index (χ0v) is 14.1. The van der Waals surface area contributed by atoms with Crippen LogP contribution in [0.3, 0.4) is 0 Å². The Hall–Kier alpha value is -2.59. The highest BCUT2D eigenvalue weighted by Gasteiger charge is 2.24. The van der Waals surface area contributed by atoms with Crippen LogP contribution in [0.25, 0.3) is 11.0 Å². The Morgan fingerprint density at radius 3 is 2.56 bits per heavy atom. The van der Waals surface area contributed by atoms with Crippen molar-refractivity contribution in [2.45, 2.75) is 25.8 Å². The number of ketones is 1. The molecule has 4 heteroatoms. The van der Waals surface area contributed by atoms with Gasteiger partial charge in [0.15, 0.2) is 5.78 Å². The number of carbonyl (C=O) groups excluding carboxylic acids is 1. The van der Waals surface area contributed by atoms with Gasteiger partial charge in [-0.25, -0.2) is 0 Å². The van der Waals surface area contributed by atoms with Gasteiger partial charge in [0.1, 0.15) is 17.1 Å². The molecule has 0 radical (unpaired) electrons. The van der Waals surface area contributed by atoms with E-state index in [1.807, 2.05) is 30.3 Å². The van der Waals surface area contributed by atoms with E-state index >= 15 is 0 Å². The molecule has 25 heavy (non-hydrogen) atoms. The summed E-state index contributed by atoms with van der Waals surface area (Å²) in [4.78, 5) is 15.5. The number of benzene rings is 2. The van der Waals surface area contributed by atoms with Crippen LogP contribution in [0.1, 0.15) is 40.9 Å². The highest BCUT2D eigenvalue weighted by molar-refractivity contribution is 6.17. The van der Waals surface area contributed by atoms with E-state index in [1.165, 1.54) is 19.3 Å². The lowest BCUT2D eigenvalue weighted by Gasteiger charge is -2.25. The predicted molar refractivity (Wildman–Crippen MR) is 96.9 cm³/mol. The van der Waals surface area contributed by atoms with Gasteiger partial charge in [0.2, 0.25) is 0 Å². The SMILES string of the molecule is O=C(c1ccccc1)c1c(CN2CCCCC2)oc2ccc(O)cc12. The number of likely N-dealkylation sites (tertiary alicyclic amines) is 1. The van der Waals surface area contributed by atoms with Crippen LogP contribution in [0, 0.1) is 0 Å². The molecule has 0 aliphatic carbocycles. The van der Waals surface area contributed by atoms with E-state index in [0.717, 1.165) is 13.1 Å². The van der Waals surface area contributed by atoms with Gasteiger partial charge >= 0.3 is 0 Å². The van der Waals surface area contributed by atoms with Crippen LogP contribution in [0.4, 0.5) is 0 Å². The molecule has 0 unspecified atom stereocenters. The first kappa shape index (κ1) is 15.9. The van der Waals surface area contributed by atoms with Crippen molar-refractivity contribution < 1.29 is 14.3 Å². The summed E-state index contributed by atoms with van der Waals surface area (Å²) in [5, 5.41) is 10.6. The van der Waals surface area contributed by atoms with Crippen LogP contribution < -0.4 is 0 Å². The molecule has 2 heterocycles. The summed E-state index contributed by atoms with van der Waals surface area (Å²) in [7, 11) is 0. The first-order valence-corrected chi connectivity index (χ1v) is 8.79. The number of hydrogen-bond acceptors (Lipinski definition) is 4. The quantitative estimate of drug-likeness (QED) is 0.720.